The Balaban J connectivity index is 1.57. The van der Waals surface area contributed by atoms with Gasteiger partial charge in [0.1, 0.15) is 0 Å². The van der Waals surface area contributed by atoms with Crippen molar-refractivity contribution in [1.29, 1.82) is 0 Å². The standard InChI is InChI=1S/C30H43Si4/c1-31(2,3)27-15-23-19-13-21-22(14-20(19)24(23)16-28(27)32(4,5)6)26-18-30(34(10,11)12)29(17-25(21)26)33(7,8)9/h13,15-18H,14H2,1-12H3. The van der Waals surface area contributed by atoms with Crippen LogP contribution < -0.4 is 20.7 Å². The fourth-order valence-corrected chi connectivity index (χ4v) is 16.5. The van der Waals surface area contributed by atoms with Gasteiger partial charge >= 0.3 is 0 Å². The average molecular weight is 516 g/mol. The average Bonchev–Trinajstić information content (AvgIpc) is 2.65. The van der Waals surface area contributed by atoms with E-state index in [0.717, 1.165) is 6.42 Å². The van der Waals surface area contributed by atoms with Crippen molar-refractivity contribution in [1.82, 2.24) is 0 Å². The predicted molar refractivity (Wildman–Crippen MR) is 167 cm³/mol. The van der Waals surface area contributed by atoms with Gasteiger partial charge in [-0.15, -0.1) is 0 Å². The van der Waals surface area contributed by atoms with Crippen LogP contribution in [0.4, 0.5) is 0 Å². The Bertz CT molecular complexity index is 1110. The SMILES string of the molecule is C[Si](C)(C)c1cc2c(cc1[Si](C)(C)C)C1=C2[CH]C2=C(C1)c1cc([Si](C)(C)C)c([Si](C)(C)C)cc12. The highest BCUT2D eigenvalue weighted by Crippen LogP contribution is 2.58. The third-order valence-electron chi connectivity index (χ3n) is 8.07. The fraction of sp³-hybridized carbons (Fsp3) is 0.433. The minimum atomic E-state index is -1.40. The number of allylic oxidation sites excluding steroid dienone is 4. The largest absolute Gasteiger partial charge is 0.0774 e. The third kappa shape index (κ3) is 3.63. The Morgan fingerprint density at radius 3 is 0.941 bits per heavy atom. The van der Waals surface area contributed by atoms with E-state index in [1.807, 2.05) is 0 Å². The minimum Gasteiger partial charge on any atom is -0.0656 e. The molecule has 0 unspecified atom stereocenters. The quantitative estimate of drug-likeness (QED) is 0.401. The van der Waals surface area contributed by atoms with Crippen LogP contribution in [0.5, 0.6) is 0 Å². The van der Waals surface area contributed by atoms with Crippen LogP contribution in [0.25, 0.3) is 22.3 Å². The fourth-order valence-electron chi connectivity index (χ4n) is 6.15. The molecule has 5 rings (SSSR count). The molecule has 0 spiro atoms. The summed E-state index contributed by atoms with van der Waals surface area (Å²) in [5.41, 5.74) is 12.5. The first-order chi connectivity index (χ1) is 15.4. The summed E-state index contributed by atoms with van der Waals surface area (Å²) in [4.78, 5) is 0. The number of rotatable bonds is 4. The summed E-state index contributed by atoms with van der Waals surface area (Å²) >= 11 is 0. The van der Waals surface area contributed by atoms with E-state index in [9.17, 15) is 0 Å². The van der Waals surface area contributed by atoms with E-state index in [1.165, 1.54) is 0 Å². The number of fused-ring (bicyclic) bond motifs is 6. The van der Waals surface area contributed by atoms with Gasteiger partial charge in [0, 0.05) is 6.42 Å². The topological polar surface area (TPSA) is 0 Å². The summed E-state index contributed by atoms with van der Waals surface area (Å²) in [6, 6.07) is 10.5. The molecule has 179 valence electrons. The number of benzene rings is 2. The Hall–Kier alpha value is -1.21. The molecule has 0 aliphatic heterocycles. The number of hydrogen-bond donors (Lipinski definition) is 0. The maximum Gasteiger partial charge on any atom is 0.0774 e. The van der Waals surface area contributed by atoms with Gasteiger partial charge < -0.3 is 0 Å². The van der Waals surface area contributed by atoms with Crippen LogP contribution in [0.1, 0.15) is 28.7 Å². The summed E-state index contributed by atoms with van der Waals surface area (Å²) in [5.74, 6) is 0. The van der Waals surface area contributed by atoms with Gasteiger partial charge in [-0.3, -0.25) is 0 Å². The maximum atomic E-state index is 2.63. The highest BCUT2D eigenvalue weighted by atomic mass is 28.3. The Morgan fingerprint density at radius 2 is 0.676 bits per heavy atom. The van der Waals surface area contributed by atoms with Crippen molar-refractivity contribution in [2.45, 2.75) is 85.0 Å². The van der Waals surface area contributed by atoms with Gasteiger partial charge in [0.2, 0.25) is 0 Å². The van der Waals surface area contributed by atoms with Gasteiger partial charge in [0.05, 0.1) is 32.3 Å². The summed E-state index contributed by atoms with van der Waals surface area (Å²) in [5, 5.41) is 6.85. The molecule has 0 aromatic heterocycles. The molecule has 0 atom stereocenters. The van der Waals surface area contributed by atoms with Gasteiger partial charge in [0.15, 0.2) is 0 Å². The molecule has 1 radical (unpaired) electrons. The van der Waals surface area contributed by atoms with Crippen molar-refractivity contribution in [3.63, 3.8) is 0 Å². The zero-order valence-electron chi connectivity index (χ0n) is 23.6. The van der Waals surface area contributed by atoms with Crippen molar-refractivity contribution in [2.24, 2.45) is 0 Å². The van der Waals surface area contributed by atoms with Crippen LogP contribution in [0.2, 0.25) is 78.6 Å². The molecule has 3 aliphatic rings. The molecule has 0 bridgehead atoms. The lowest BCUT2D eigenvalue weighted by molar-refractivity contribution is 1.27. The predicted octanol–water partition coefficient (Wildman–Crippen LogP) is 6.62. The van der Waals surface area contributed by atoms with Crippen LogP contribution >= 0.6 is 0 Å². The summed E-state index contributed by atoms with van der Waals surface area (Å²) < 4.78 is 0. The monoisotopic (exact) mass is 515 g/mol. The van der Waals surface area contributed by atoms with Crippen molar-refractivity contribution < 1.29 is 0 Å². The molecule has 4 heteroatoms. The molecule has 0 nitrogen and oxygen atoms in total. The van der Waals surface area contributed by atoms with E-state index in [0.29, 0.717) is 0 Å². The summed E-state index contributed by atoms with van der Waals surface area (Å²) in [6.07, 6.45) is 3.69. The lowest BCUT2D eigenvalue weighted by atomic mass is 9.64. The molecule has 3 aliphatic carbocycles. The Labute approximate surface area is 212 Å². The van der Waals surface area contributed by atoms with E-state index >= 15 is 0 Å². The molecular weight excluding hydrogens is 473 g/mol. The van der Waals surface area contributed by atoms with Crippen LogP contribution in [-0.2, 0) is 0 Å². The van der Waals surface area contributed by atoms with Gasteiger partial charge in [-0.05, 0) is 51.0 Å². The Morgan fingerprint density at radius 1 is 0.412 bits per heavy atom. The minimum absolute atomic E-state index is 1.13. The van der Waals surface area contributed by atoms with Crippen molar-refractivity contribution >= 4 is 75.3 Å². The second kappa shape index (κ2) is 7.18. The second-order valence-electron chi connectivity index (χ2n) is 15.0. The van der Waals surface area contributed by atoms with Crippen LogP contribution in [-0.4, -0.2) is 32.3 Å². The zero-order valence-corrected chi connectivity index (χ0v) is 27.6. The molecule has 0 amide bonds. The van der Waals surface area contributed by atoms with E-state index in [1.54, 1.807) is 65.3 Å². The molecule has 0 fully saturated rings. The molecule has 0 saturated carbocycles. The molecule has 0 saturated heterocycles. The molecule has 34 heavy (non-hydrogen) atoms. The third-order valence-corrected chi connectivity index (χ3v) is 16.7. The van der Waals surface area contributed by atoms with Crippen molar-refractivity contribution in [3.8, 4) is 0 Å². The first-order valence-electron chi connectivity index (χ1n) is 13.1. The first kappa shape index (κ1) is 24.5. The highest BCUT2D eigenvalue weighted by molar-refractivity contribution is 6.99. The summed E-state index contributed by atoms with van der Waals surface area (Å²) in [6.45, 7) is 30.3. The lowest BCUT2D eigenvalue weighted by Crippen LogP contribution is -2.57. The maximum absolute atomic E-state index is 2.63. The van der Waals surface area contributed by atoms with Gasteiger partial charge in [-0.2, -0.15) is 0 Å². The number of hydrogen-bond acceptors (Lipinski definition) is 0. The van der Waals surface area contributed by atoms with E-state index in [-0.39, 0.29) is 0 Å². The summed E-state index contributed by atoms with van der Waals surface area (Å²) in [7, 11) is -5.58. The second-order valence-corrected chi connectivity index (χ2v) is 35.1. The first-order valence-corrected chi connectivity index (χ1v) is 27.1. The van der Waals surface area contributed by atoms with Crippen molar-refractivity contribution in [2.75, 3.05) is 0 Å². The zero-order chi connectivity index (χ0) is 25.2. The van der Waals surface area contributed by atoms with E-state index in [2.05, 4.69) is 109 Å². The van der Waals surface area contributed by atoms with E-state index < -0.39 is 32.3 Å². The highest BCUT2D eigenvalue weighted by Gasteiger charge is 2.41. The van der Waals surface area contributed by atoms with Crippen LogP contribution in [0, 0.1) is 6.42 Å². The Kier molecular flexibility index (Phi) is 5.17. The lowest BCUT2D eigenvalue weighted by Gasteiger charge is -2.43. The molecule has 2 aromatic rings. The van der Waals surface area contributed by atoms with Gasteiger partial charge in [-0.1, -0.05) is 124 Å². The molecule has 0 N–H and O–H groups in total. The van der Waals surface area contributed by atoms with Gasteiger partial charge in [0.25, 0.3) is 0 Å². The normalized spacial score (nSPS) is 17.5. The van der Waals surface area contributed by atoms with Crippen LogP contribution in [0.15, 0.2) is 24.3 Å². The molecule has 0 heterocycles. The van der Waals surface area contributed by atoms with E-state index in [4.69, 9.17) is 0 Å². The van der Waals surface area contributed by atoms with Crippen molar-refractivity contribution in [3.05, 3.63) is 52.9 Å². The smallest absolute Gasteiger partial charge is 0.0656 e. The van der Waals surface area contributed by atoms with Gasteiger partial charge in [-0.25, -0.2) is 0 Å². The van der Waals surface area contributed by atoms with Crippen LogP contribution in [0.3, 0.4) is 0 Å². The molecular formula is C30H43Si4. The molecule has 2 aromatic carbocycles.